The van der Waals surface area contributed by atoms with Gasteiger partial charge in [-0.1, -0.05) is 12.8 Å². The molecule has 3 aliphatic rings. The Labute approximate surface area is 132 Å². The highest BCUT2D eigenvalue weighted by Crippen LogP contribution is 2.30. The molecule has 22 heavy (non-hydrogen) atoms. The van der Waals surface area contributed by atoms with E-state index in [-0.39, 0.29) is 18.1 Å². The maximum absolute atomic E-state index is 12.5. The van der Waals surface area contributed by atoms with E-state index in [1.165, 1.54) is 23.4 Å². The van der Waals surface area contributed by atoms with Gasteiger partial charge in [-0.2, -0.15) is 4.31 Å². The summed E-state index contributed by atoms with van der Waals surface area (Å²) in [5.74, 6) is 0.711. The molecule has 2 atom stereocenters. The number of fused-ring (bicyclic) bond motifs is 1. The Balaban J connectivity index is 1.65. The Kier molecular flexibility index (Phi) is 4.75. The first-order chi connectivity index (χ1) is 10.4. The second kappa shape index (κ2) is 6.45. The summed E-state index contributed by atoms with van der Waals surface area (Å²) in [6.07, 6.45) is 7.31. The number of nitrogens with zero attached hydrogens (tertiary/aromatic N) is 2. The molecule has 0 aromatic carbocycles. The highest BCUT2D eigenvalue weighted by molar-refractivity contribution is 7.88. The fourth-order valence-corrected chi connectivity index (χ4v) is 5.17. The predicted octanol–water partition coefficient (Wildman–Crippen LogP) is 0.828. The number of hydrogen-bond donors (Lipinski definition) is 0. The fourth-order valence-electron chi connectivity index (χ4n) is 4.07. The van der Waals surface area contributed by atoms with Crippen molar-refractivity contribution >= 4 is 15.9 Å². The third-order valence-electron chi connectivity index (χ3n) is 5.25. The van der Waals surface area contributed by atoms with Gasteiger partial charge in [-0.25, -0.2) is 8.42 Å². The van der Waals surface area contributed by atoms with E-state index in [1.807, 2.05) is 4.90 Å². The molecule has 7 heteroatoms. The molecule has 2 saturated heterocycles. The molecule has 2 heterocycles. The van der Waals surface area contributed by atoms with Crippen LogP contribution in [0.5, 0.6) is 0 Å². The van der Waals surface area contributed by atoms with Gasteiger partial charge in [0.1, 0.15) is 0 Å². The number of morpholine rings is 1. The Morgan fingerprint density at radius 1 is 1.18 bits per heavy atom. The molecule has 1 saturated carbocycles. The van der Waals surface area contributed by atoms with Crippen molar-refractivity contribution in [1.29, 1.82) is 0 Å². The lowest BCUT2D eigenvalue weighted by molar-refractivity contribution is -0.139. The molecule has 0 aromatic heterocycles. The van der Waals surface area contributed by atoms with Crippen molar-refractivity contribution in [2.45, 2.75) is 50.7 Å². The van der Waals surface area contributed by atoms with E-state index < -0.39 is 10.0 Å². The van der Waals surface area contributed by atoms with E-state index in [1.54, 1.807) is 0 Å². The normalized spacial score (nSPS) is 31.2. The lowest BCUT2D eigenvalue weighted by atomic mass is 9.98. The average Bonchev–Trinajstić information content (AvgIpc) is 2.98. The van der Waals surface area contributed by atoms with Gasteiger partial charge in [0.05, 0.1) is 25.0 Å². The number of piperidine rings is 1. The van der Waals surface area contributed by atoms with E-state index in [9.17, 15) is 13.2 Å². The molecule has 1 amide bonds. The zero-order valence-corrected chi connectivity index (χ0v) is 14.1. The van der Waals surface area contributed by atoms with Crippen molar-refractivity contribution < 1.29 is 17.9 Å². The van der Waals surface area contributed by atoms with Crippen LogP contribution in [0.15, 0.2) is 0 Å². The SMILES string of the molecule is CS(=O)(=O)N1CCO[C@H]2CCN(C(=O)CC3CCCC3)C[C@@H]21. The molecular weight excluding hydrogens is 304 g/mol. The van der Waals surface area contributed by atoms with Gasteiger partial charge >= 0.3 is 0 Å². The topological polar surface area (TPSA) is 66.9 Å². The third-order valence-corrected chi connectivity index (χ3v) is 6.56. The standard InChI is InChI=1S/C15H26N2O4S/c1-22(19,20)17-8-9-21-14-6-7-16(11-13(14)17)15(18)10-12-4-2-3-5-12/h12-14H,2-11H2,1H3/t13-,14-/m0/s1. The molecule has 6 nitrogen and oxygen atoms in total. The van der Waals surface area contributed by atoms with Crippen molar-refractivity contribution in [3.05, 3.63) is 0 Å². The summed E-state index contributed by atoms with van der Waals surface area (Å²) < 4.78 is 31.2. The number of ether oxygens (including phenoxy) is 1. The lowest BCUT2D eigenvalue weighted by Crippen LogP contribution is -2.61. The average molecular weight is 330 g/mol. The summed E-state index contributed by atoms with van der Waals surface area (Å²) in [6.45, 7) is 2.00. The number of carbonyl (C=O) groups excluding carboxylic acids is 1. The predicted molar refractivity (Wildman–Crippen MR) is 82.8 cm³/mol. The first-order valence-electron chi connectivity index (χ1n) is 8.31. The molecule has 0 radical (unpaired) electrons. The van der Waals surface area contributed by atoms with Gasteiger partial charge in [0, 0.05) is 26.1 Å². The van der Waals surface area contributed by atoms with Gasteiger partial charge < -0.3 is 9.64 Å². The Bertz CT molecular complexity index is 516. The van der Waals surface area contributed by atoms with Crippen molar-refractivity contribution in [2.24, 2.45) is 5.92 Å². The Morgan fingerprint density at radius 3 is 2.59 bits per heavy atom. The smallest absolute Gasteiger partial charge is 0.222 e. The van der Waals surface area contributed by atoms with Crippen LogP contribution in [-0.4, -0.2) is 68.2 Å². The van der Waals surface area contributed by atoms with Crippen molar-refractivity contribution in [3.8, 4) is 0 Å². The van der Waals surface area contributed by atoms with E-state index in [0.29, 0.717) is 38.6 Å². The number of rotatable bonds is 3. The van der Waals surface area contributed by atoms with Crippen molar-refractivity contribution in [1.82, 2.24) is 9.21 Å². The van der Waals surface area contributed by atoms with Gasteiger partial charge in [0.25, 0.3) is 0 Å². The fraction of sp³-hybridized carbons (Fsp3) is 0.933. The summed E-state index contributed by atoms with van der Waals surface area (Å²) in [7, 11) is -3.25. The molecule has 126 valence electrons. The van der Waals surface area contributed by atoms with Crippen LogP contribution in [0.2, 0.25) is 0 Å². The van der Waals surface area contributed by atoms with Crippen LogP contribution in [0.1, 0.15) is 38.5 Å². The highest BCUT2D eigenvalue weighted by atomic mass is 32.2. The van der Waals surface area contributed by atoms with Gasteiger partial charge in [0.15, 0.2) is 0 Å². The van der Waals surface area contributed by atoms with Crippen LogP contribution in [0, 0.1) is 5.92 Å². The van der Waals surface area contributed by atoms with Crippen molar-refractivity contribution in [2.75, 3.05) is 32.5 Å². The molecule has 0 N–H and O–H groups in total. The molecule has 0 aromatic rings. The lowest BCUT2D eigenvalue weighted by Gasteiger charge is -2.46. The van der Waals surface area contributed by atoms with Crippen LogP contribution in [0.25, 0.3) is 0 Å². The van der Waals surface area contributed by atoms with E-state index in [2.05, 4.69) is 0 Å². The van der Waals surface area contributed by atoms with Gasteiger partial charge in [0.2, 0.25) is 15.9 Å². The Hall–Kier alpha value is -0.660. The van der Waals surface area contributed by atoms with Crippen molar-refractivity contribution in [3.63, 3.8) is 0 Å². The number of likely N-dealkylation sites (tertiary alicyclic amines) is 1. The van der Waals surface area contributed by atoms with Gasteiger partial charge in [-0.3, -0.25) is 4.79 Å². The Morgan fingerprint density at radius 2 is 1.91 bits per heavy atom. The van der Waals surface area contributed by atoms with Crippen LogP contribution in [0.3, 0.4) is 0 Å². The maximum atomic E-state index is 12.5. The molecule has 2 aliphatic heterocycles. The molecule has 3 fully saturated rings. The second-order valence-corrected chi connectivity index (χ2v) is 8.77. The molecule has 0 bridgehead atoms. The van der Waals surface area contributed by atoms with Crippen LogP contribution in [0.4, 0.5) is 0 Å². The molecule has 0 unspecified atom stereocenters. The minimum Gasteiger partial charge on any atom is -0.375 e. The summed E-state index contributed by atoms with van der Waals surface area (Å²) in [5, 5.41) is 0. The zero-order valence-electron chi connectivity index (χ0n) is 13.2. The largest absolute Gasteiger partial charge is 0.375 e. The van der Waals surface area contributed by atoms with Crippen LogP contribution in [-0.2, 0) is 19.6 Å². The molecule has 3 rings (SSSR count). The minimum absolute atomic E-state index is 0.0704. The number of hydrogen-bond acceptors (Lipinski definition) is 4. The number of amides is 1. The zero-order chi connectivity index (χ0) is 15.7. The van der Waals surface area contributed by atoms with Crippen LogP contribution < -0.4 is 0 Å². The molecule has 1 aliphatic carbocycles. The van der Waals surface area contributed by atoms with Gasteiger partial charge in [-0.15, -0.1) is 0 Å². The summed E-state index contributed by atoms with van der Waals surface area (Å²) in [4.78, 5) is 14.4. The first-order valence-corrected chi connectivity index (χ1v) is 10.2. The third kappa shape index (κ3) is 3.46. The quantitative estimate of drug-likeness (QED) is 0.769. The van der Waals surface area contributed by atoms with E-state index >= 15 is 0 Å². The van der Waals surface area contributed by atoms with E-state index in [0.717, 1.165) is 19.3 Å². The summed E-state index contributed by atoms with van der Waals surface area (Å²) in [6, 6.07) is -0.218. The summed E-state index contributed by atoms with van der Waals surface area (Å²) >= 11 is 0. The maximum Gasteiger partial charge on any atom is 0.222 e. The molecule has 0 spiro atoms. The minimum atomic E-state index is -3.25. The summed E-state index contributed by atoms with van der Waals surface area (Å²) in [5.41, 5.74) is 0. The number of sulfonamides is 1. The monoisotopic (exact) mass is 330 g/mol. The second-order valence-electron chi connectivity index (χ2n) is 6.83. The van der Waals surface area contributed by atoms with Gasteiger partial charge in [-0.05, 0) is 25.2 Å². The van der Waals surface area contributed by atoms with Crippen LogP contribution >= 0.6 is 0 Å². The van der Waals surface area contributed by atoms with E-state index in [4.69, 9.17) is 4.74 Å². The highest BCUT2D eigenvalue weighted by Gasteiger charge is 2.42. The first kappa shape index (κ1) is 16.2. The molecular formula is C15H26N2O4S. The number of carbonyl (C=O) groups is 1.